The van der Waals surface area contributed by atoms with E-state index in [4.69, 9.17) is 5.73 Å². The number of para-hydroxylation sites is 1. The van der Waals surface area contributed by atoms with Crippen LogP contribution >= 0.6 is 0 Å². The number of amides is 1. The maximum absolute atomic E-state index is 12.1. The number of carbonyl (C=O) groups excluding carboxylic acids is 1. The van der Waals surface area contributed by atoms with Gasteiger partial charge in [0.1, 0.15) is 5.75 Å². The Kier molecular flexibility index (Phi) is 5.35. The van der Waals surface area contributed by atoms with Gasteiger partial charge in [-0.2, -0.15) is 0 Å². The highest BCUT2D eigenvalue weighted by Crippen LogP contribution is 2.18. The van der Waals surface area contributed by atoms with Gasteiger partial charge >= 0.3 is 0 Å². The minimum atomic E-state index is -3.69. The molecule has 0 spiro atoms. The third-order valence-electron chi connectivity index (χ3n) is 2.70. The maximum atomic E-state index is 12.1. The van der Waals surface area contributed by atoms with Crippen LogP contribution < -0.4 is 11.1 Å². The molecule has 0 aliphatic rings. The molecular weight excluding hydrogens is 264 g/mol. The highest BCUT2D eigenvalue weighted by atomic mass is 32.2. The molecular formula is C13H20N2O3S. The predicted molar refractivity (Wildman–Crippen MR) is 75.4 cm³/mol. The molecule has 106 valence electrons. The van der Waals surface area contributed by atoms with Crippen LogP contribution in [0.2, 0.25) is 0 Å². The summed E-state index contributed by atoms with van der Waals surface area (Å²) in [5, 5.41) is 2.67. The molecule has 0 radical (unpaired) electrons. The average molecular weight is 284 g/mol. The molecule has 0 aromatic heterocycles. The van der Waals surface area contributed by atoms with Gasteiger partial charge in [0.05, 0.1) is 10.6 Å². The summed E-state index contributed by atoms with van der Waals surface area (Å²) < 4.78 is 24.1. The normalized spacial score (nSPS) is 12.9. The Morgan fingerprint density at radius 2 is 2.00 bits per heavy atom. The molecule has 0 heterocycles. The molecule has 1 atom stereocenters. The van der Waals surface area contributed by atoms with Crippen molar-refractivity contribution in [2.24, 2.45) is 0 Å². The summed E-state index contributed by atoms with van der Waals surface area (Å²) in [7, 11) is -3.69. The van der Waals surface area contributed by atoms with Gasteiger partial charge in [-0.15, -0.1) is 0 Å². The van der Waals surface area contributed by atoms with Gasteiger partial charge < -0.3 is 11.1 Å². The van der Waals surface area contributed by atoms with Gasteiger partial charge in [-0.1, -0.05) is 25.5 Å². The lowest BCUT2D eigenvalue weighted by Crippen LogP contribution is -2.36. The van der Waals surface area contributed by atoms with Crippen LogP contribution in [0.5, 0.6) is 0 Å². The van der Waals surface area contributed by atoms with E-state index in [9.17, 15) is 13.2 Å². The molecule has 0 bridgehead atoms. The van der Waals surface area contributed by atoms with Crippen LogP contribution in [0.4, 0.5) is 5.69 Å². The number of hydrogen-bond donors (Lipinski definition) is 2. The van der Waals surface area contributed by atoms with Crippen molar-refractivity contribution < 1.29 is 13.2 Å². The quantitative estimate of drug-likeness (QED) is 0.772. The topological polar surface area (TPSA) is 89.3 Å². The molecule has 5 nitrogen and oxygen atoms in total. The number of nitrogen functional groups attached to an aromatic ring is 1. The third-order valence-corrected chi connectivity index (χ3v) is 4.39. The highest BCUT2D eigenvalue weighted by Gasteiger charge is 2.22. The number of nitrogens with two attached hydrogens (primary N) is 1. The number of rotatable bonds is 6. The first-order chi connectivity index (χ1) is 8.86. The maximum Gasteiger partial charge on any atom is 0.235 e. The van der Waals surface area contributed by atoms with E-state index in [2.05, 4.69) is 5.32 Å². The fourth-order valence-electron chi connectivity index (χ4n) is 1.84. The summed E-state index contributed by atoms with van der Waals surface area (Å²) >= 11 is 0. The first kappa shape index (κ1) is 15.5. The van der Waals surface area contributed by atoms with Crippen LogP contribution in [0.25, 0.3) is 0 Å². The number of sulfone groups is 1. The van der Waals surface area contributed by atoms with E-state index in [1.54, 1.807) is 12.1 Å². The van der Waals surface area contributed by atoms with E-state index in [0.717, 1.165) is 12.8 Å². The van der Waals surface area contributed by atoms with Gasteiger partial charge in [0, 0.05) is 6.04 Å². The second kappa shape index (κ2) is 6.56. The SMILES string of the molecule is CCCC(C)NC(=O)CS(=O)(=O)c1ccccc1N. The predicted octanol–water partition coefficient (Wildman–Crippen LogP) is 1.35. The molecule has 0 aliphatic carbocycles. The second-order valence-corrected chi connectivity index (χ2v) is 6.51. The Labute approximate surface area is 114 Å². The lowest BCUT2D eigenvalue weighted by molar-refractivity contribution is -0.119. The van der Waals surface area contributed by atoms with Crippen LogP contribution in [0, 0.1) is 0 Å². The molecule has 1 unspecified atom stereocenters. The first-order valence-electron chi connectivity index (χ1n) is 6.23. The zero-order valence-electron chi connectivity index (χ0n) is 11.2. The van der Waals surface area contributed by atoms with Gasteiger partial charge in [-0.25, -0.2) is 8.42 Å². The van der Waals surface area contributed by atoms with Crippen molar-refractivity contribution in [1.29, 1.82) is 0 Å². The van der Waals surface area contributed by atoms with Crippen molar-refractivity contribution in [3.63, 3.8) is 0 Å². The Hall–Kier alpha value is -1.56. The number of nitrogens with one attached hydrogen (secondary N) is 1. The highest BCUT2D eigenvalue weighted by molar-refractivity contribution is 7.92. The van der Waals surface area contributed by atoms with Crippen LogP contribution in [0.3, 0.4) is 0 Å². The summed E-state index contributed by atoms with van der Waals surface area (Å²) in [6, 6.07) is 6.12. The number of anilines is 1. The Morgan fingerprint density at radius 1 is 1.37 bits per heavy atom. The van der Waals surface area contributed by atoms with E-state index >= 15 is 0 Å². The molecule has 0 aliphatic heterocycles. The Morgan fingerprint density at radius 3 is 2.58 bits per heavy atom. The zero-order valence-corrected chi connectivity index (χ0v) is 12.0. The minimum Gasteiger partial charge on any atom is -0.398 e. The molecule has 1 aromatic carbocycles. The monoisotopic (exact) mass is 284 g/mol. The van der Waals surface area contributed by atoms with Crippen LogP contribution in [-0.4, -0.2) is 26.1 Å². The molecule has 3 N–H and O–H groups in total. The molecule has 0 saturated carbocycles. The molecule has 19 heavy (non-hydrogen) atoms. The molecule has 1 aromatic rings. The summed E-state index contributed by atoms with van der Waals surface area (Å²) in [6.45, 7) is 3.86. The average Bonchev–Trinajstić information content (AvgIpc) is 2.28. The van der Waals surface area contributed by atoms with E-state index in [1.165, 1.54) is 12.1 Å². The van der Waals surface area contributed by atoms with E-state index in [-0.39, 0.29) is 16.6 Å². The van der Waals surface area contributed by atoms with Gasteiger partial charge in [-0.3, -0.25) is 4.79 Å². The van der Waals surface area contributed by atoms with Gasteiger partial charge in [0.25, 0.3) is 0 Å². The summed E-state index contributed by atoms with van der Waals surface area (Å²) in [5.74, 6) is -1.07. The molecule has 1 amide bonds. The standard InChI is InChI=1S/C13H20N2O3S/c1-3-6-10(2)15-13(16)9-19(17,18)12-8-5-4-7-11(12)14/h4-5,7-8,10H,3,6,9,14H2,1-2H3,(H,15,16). The van der Waals surface area contributed by atoms with Crippen molar-refractivity contribution in [2.45, 2.75) is 37.6 Å². The van der Waals surface area contributed by atoms with Crippen molar-refractivity contribution >= 4 is 21.4 Å². The molecule has 6 heteroatoms. The minimum absolute atomic E-state index is 0.00768. The second-order valence-electron chi connectivity index (χ2n) is 4.55. The van der Waals surface area contributed by atoms with Crippen molar-refractivity contribution in [2.75, 3.05) is 11.5 Å². The molecule has 0 saturated heterocycles. The van der Waals surface area contributed by atoms with Crippen LogP contribution in [0.1, 0.15) is 26.7 Å². The number of hydrogen-bond acceptors (Lipinski definition) is 4. The summed E-state index contributed by atoms with van der Waals surface area (Å²) in [4.78, 5) is 11.7. The van der Waals surface area contributed by atoms with Gasteiger partial charge in [0.2, 0.25) is 5.91 Å². The lowest BCUT2D eigenvalue weighted by atomic mass is 10.2. The fourth-order valence-corrected chi connectivity index (χ4v) is 3.13. The van der Waals surface area contributed by atoms with Gasteiger partial charge in [0.15, 0.2) is 9.84 Å². The summed E-state index contributed by atoms with van der Waals surface area (Å²) in [6.07, 6.45) is 1.75. The third kappa shape index (κ3) is 4.55. The van der Waals surface area contributed by atoms with Crippen molar-refractivity contribution in [3.8, 4) is 0 Å². The van der Waals surface area contributed by atoms with Crippen molar-refractivity contribution in [1.82, 2.24) is 5.32 Å². The van der Waals surface area contributed by atoms with Crippen LogP contribution in [0.15, 0.2) is 29.2 Å². The first-order valence-corrected chi connectivity index (χ1v) is 7.88. The summed E-state index contributed by atoms with van der Waals surface area (Å²) in [5.41, 5.74) is 5.78. The Bertz CT molecular complexity index is 541. The van der Waals surface area contributed by atoms with Crippen molar-refractivity contribution in [3.05, 3.63) is 24.3 Å². The van der Waals surface area contributed by atoms with Crippen LogP contribution in [-0.2, 0) is 14.6 Å². The van der Waals surface area contributed by atoms with E-state index in [0.29, 0.717) is 0 Å². The van der Waals surface area contributed by atoms with Gasteiger partial charge in [-0.05, 0) is 25.5 Å². The lowest BCUT2D eigenvalue weighted by Gasteiger charge is -2.13. The van der Waals surface area contributed by atoms with E-state index < -0.39 is 21.5 Å². The number of benzene rings is 1. The molecule has 0 fully saturated rings. The smallest absolute Gasteiger partial charge is 0.235 e. The fraction of sp³-hybridized carbons (Fsp3) is 0.462. The molecule has 1 rings (SSSR count). The zero-order chi connectivity index (χ0) is 14.5. The number of carbonyl (C=O) groups is 1. The largest absolute Gasteiger partial charge is 0.398 e. The van der Waals surface area contributed by atoms with E-state index in [1.807, 2.05) is 13.8 Å². The Balaban J connectivity index is 2.76.